The van der Waals surface area contributed by atoms with Crippen molar-refractivity contribution in [2.24, 2.45) is 12.8 Å². The molecular weight excluding hydrogens is 246 g/mol. The van der Waals surface area contributed by atoms with E-state index in [1.54, 1.807) is 17.8 Å². The van der Waals surface area contributed by atoms with Crippen molar-refractivity contribution in [2.75, 3.05) is 11.9 Å². The van der Waals surface area contributed by atoms with E-state index < -0.39 is 0 Å². The summed E-state index contributed by atoms with van der Waals surface area (Å²) in [6, 6.07) is 5.50. The first-order chi connectivity index (χ1) is 9.17. The van der Waals surface area contributed by atoms with Gasteiger partial charge in [0.15, 0.2) is 18.3 Å². The number of anilines is 1. The zero-order chi connectivity index (χ0) is 13.4. The predicted octanol–water partition coefficient (Wildman–Crippen LogP) is 0.272. The minimum absolute atomic E-state index is 0.0492. The Morgan fingerprint density at radius 1 is 1.53 bits per heavy atom. The van der Waals surface area contributed by atoms with Crippen LogP contribution in [0, 0.1) is 0 Å². The summed E-state index contributed by atoms with van der Waals surface area (Å²) in [5.74, 6) is 1.77. The van der Waals surface area contributed by atoms with Crippen molar-refractivity contribution in [3.63, 3.8) is 0 Å². The van der Waals surface area contributed by atoms with Gasteiger partial charge in [0.1, 0.15) is 5.75 Å². The van der Waals surface area contributed by atoms with Gasteiger partial charge in [-0.25, -0.2) is 9.67 Å². The molecule has 1 aromatic carbocycles. The number of aryl methyl sites for hydroxylation is 1. The van der Waals surface area contributed by atoms with Crippen molar-refractivity contribution in [1.29, 1.82) is 0 Å². The molecule has 7 nitrogen and oxygen atoms in total. The first-order valence-corrected chi connectivity index (χ1v) is 5.84. The van der Waals surface area contributed by atoms with Gasteiger partial charge < -0.3 is 15.8 Å². The summed E-state index contributed by atoms with van der Waals surface area (Å²) in [6.07, 6.45) is 0. The molecule has 0 unspecified atom stereocenters. The molecule has 1 aliphatic rings. The van der Waals surface area contributed by atoms with E-state index in [4.69, 9.17) is 10.5 Å². The number of nitrogens with two attached hydrogens (primary N) is 1. The molecule has 1 aromatic heterocycles. The van der Waals surface area contributed by atoms with Crippen molar-refractivity contribution < 1.29 is 9.53 Å². The maximum absolute atomic E-state index is 11.3. The number of hydrogen-bond acceptors (Lipinski definition) is 5. The van der Waals surface area contributed by atoms with E-state index in [1.165, 1.54) is 0 Å². The Kier molecular flexibility index (Phi) is 2.68. The standard InChI is InChI=1S/C12H13N5O2/c1-17-12(15-10(5-13)16-17)7-2-3-9-8(4-7)14-11(18)6-19-9/h2-4H,5-6,13H2,1H3,(H,14,18). The Bertz CT molecular complexity index is 650. The van der Waals surface area contributed by atoms with Crippen LogP contribution in [0.2, 0.25) is 0 Å². The quantitative estimate of drug-likeness (QED) is 0.807. The maximum Gasteiger partial charge on any atom is 0.262 e. The molecule has 0 fully saturated rings. The predicted molar refractivity (Wildman–Crippen MR) is 68.5 cm³/mol. The van der Waals surface area contributed by atoms with E-state index in [2.05, 4.69) is 15.4 Å². The molecule has 7 heteroatoms. The molecule has 0 radical (unpaired) electrons. The van der Waals surface area contributed by atoms with Crippen LogP contribution in [0.5, 0.6) is 5.75 Å². The van der Waals surface area contributed by atoms with Gasteiger partial charge >= 0.3 is 0 Å². The zero-order valence-electron chi connectivity index (χ0n) is 10.4. The monoisotopic (exact) mass is 259 g/mol. The van der Waals surface area contributed by atoms with Crippen LogP contribution in [0.15, 0.2) is 18.2 Å². The van der Waals surface area contributed by atoms with Crippen LogP contribution in [0.4, 0.5) is 5.69 Å². The van der Waals surface area contributed by atoms with Gasteiger partial charge in [0.05, 0.1) is 12.2 Å². The van der Waals surface area contributed by atoms with Crippen LogP contribution >= 0.6 is 0 Å². The molecule has 0 atom stereocenters. The second-order valence-electron chi connectivity index (χ2n) is 4.23. The lowest BCUT2D eigenvalue weighted by molar-refractivity contribution is -0.118. The highest BCUT2D eigenvalue weighted by Gasteiger charge is 2.17. The highest BCUT2D eigenvalue weighted by molar-refractivity contribution is 5.96. The molecule has 0 aliphatic carbocycles. The van der Waals surface area contributed by atoms with Gasteiger partial charge in [0.2, 0.25) is 0 Å². The van der Waals surface area contributed by atoms with Crippen LogP contribution in [-0.4, -0.2) is 27.3 Å². The van der Waals surface area contributed by atoms with Crippen LogP contribution in [0.25, 0.3) is 11.4 Å². The summed E-state index contributed by atoms with van der Waals surface area (Å²) in [5, 5.41) is 6.96. The molecule has 0 saturated carbocycles. The normalized spacial score (nSPS) is 13.7. The summed E-state index contributed by atoms with van der Waals surface area (Å²) >= 11 is 0. The second-order valence-corrected chi connectivity index (χ2v) is 4.23. The Labute approximate surface area is 109 Å². The topological polar surface area (TPSA) is 95.1 Å². The smallest absolute Gasteiger partial charge is 0.262 e. The van der Waals surface area contributed by atoms with Crippen molar-refractivity contribution in [3.8, 4) is 17.1 Å². The van der Waals surface area contributed by atoms with E-state index in [-0.39, 0.29) is 12.5 Å². The average molecular weight is 259 g/mol. The van der Waals surface area contributed by atoms with Gasteiger partial charge in [-0.1, -0.05) is 0 Å². The maximum atomic E-state index is 11.3. The van der Waals surface area contributed by atoms with Crippen LogP contribution in [0.1, 0.15) is 5.82 Å². The average Bonchev–Trinajstić information content (AvgIpc) is 2.79. The largest absolute Gasteiger partial charge is 0.482 e. The number of carbonyl (C=O) groups is 1. The molecule has 2 aromatic rings. The van der Waals surface area contributed by atoms with E-state index in [1.807, 2.05) is 12.1 Å². The van der Waals surface area contributed by atoms with Gasteiger partial charge in [0.25, 0.3) is 5.91 Å². The third-order valence-electron chi connectivity index (χ3n) is 2.86. The Hall–Kier alpha value is -2.41. The molecular formula is C12H13N5O2. The number of benzene rings is 1. The molecule has 98 valence electrons. The second kappa shape index (κ2) is 4.36. The van der Waals surface area contributed by atoms with Crippen LogP contribution < -0.4 is 15.8 Å². The summed E-state index contributed by atoms with van der Waals surface area (Å²) in [5.41, 5.74) is 7.01. The van der Waals surface area contributed by atoms with Crippen molar-refractivity contribution in [2.45, 2.75) is 6.54 Å². The molecule has 1 aliphatic heterocycles. The number of aromatic nitrogens is 3. The molecule has 0 bridgehead atoms. The van der Waals surface area contributed by atoms with Crippen molar-refractivity contribution in [1.82, 2.24) is 14.8 Å². The number of rotatable bonds is 2. The number of nitrogens with one attached hydrogen (secondary N) is 1. The van der Waals surface area contributed by atoms with Crippen LogP contribution in [-0.2, 0) is 18.4 Å². The summed E-state index contributed by atoms with van der Waals surface area (Å²) in [7, 11) is 1.80. The lowest BCUT2D eigenvalue weighted by atomic mass is 10.1. The third kappa shape index (κ3) is 2.04. The molecule has 0 saturated heterocycles. The van der Waals surface area contributed by atoms with Gasteiger partial charge in [-0.05, 0) is 18.2 Å². The van der Waals surface area contributed by atoms with E-state index >= 15 is 0 Å². The number of amides is 1. The highest BCUT2D eigenvalue weighted by Crippen LogP contribution is 2.31. The van der Waals surface area contributed by atoms with Crippen LogP contribution in [0.3, 0.4) is 0 Å². The van der Waals surface area contributed by atoms with Gasteiger partial charge in [-0.2, -0.15) is 5.10 Å². The fourth-order valence-corrected chi connectivity index (χ4v) is 2.00. The Morgan fingerprint density at radius 2 is 2.37 bits per heavy atom. The molecule has 2 heterocycles. The lowest BCUT2D eigenvalue weighted by Crippen LogP contribution is -2.25. The first-order valence-electron chi connectivity index (χ1n) is 5.84. The summed E-state index contributed by atoms with van der Waals surface area (Å²) in [6.45, 7) is 0.340. The van der Waals surface area contributed by atoms with Crippen molar-refractivity contribution in [3.05, 3.63) is 24.0 Å². The molecule has 3 rings (SSSR count). The van der Waals surface area contributed by atoms with E-state index in [9.17, 15) is 4.79 Å². The Balaban J connectivity index is 2.03. The highest BCUT2D eigenvalue weighted by atomic mass is 16.5. The molecule has 19 heavy (non-hydrogen) atoms. The number of fused-ring (bicyclic) bond motifs is 1. The minimum atomic E-state index is -0.162. The Morgan fingerprint density at radius 3 is 3.11 bits per heavy atom. The van der Waals surface area contributed by atoms with E-state index in [0.29, 0.717) is 29.6 Å². The molecule has 3 N–H and O–H groups in total. The first kappa shape index (κ1) is 11.7. The fourth-order valence-electron chi connectivity index (χ4n) is 2.00. The number of hydrogen-bond donors (Lipinski definition) is 2. The van der Waals surface area contributed by atoms with E-state index in [0.717, 1.165) is 5.56 Å². The van der Waals surface area contributed by atoms with Crippen molar-refractivity contribution >= 4 is 11.6 Å². The molecule has 1 amide bonds. The lowest BCUT2D eigenvalue weighted by Gasteiger charge is -2.18. The number of carbonyl (C=O) groups excluding carboxylic acids is 1. The third-order valence-corrected chi connectivity index (χ3v) is 2.86. The van der Waals surface area contributed by atoms with Gasteiger partial charge in [0, 0.05) is 12.6 Å². The van der Waals surface area contributed by atoms with Gasteiger partial charge in [-0.3, -0.25) is 4.79 Å². The zero-order valence-corrected chi connectivity index (χ0v) is 10.4. The number of ether oxygens (including phenoxy) is 1. The SMILES string of the molecule is Cn1nc(CN)nc1-c1ccc2c(c1)NC(=O)CO2. The molecule has 0 spiro atoms. The fraction of sp³-hybridized carbons (Fsp3) is 0.250. The minimum Gasteiger partial charge on any atom is -0.482 e. The summed E-state index contributed by atoms with van der Waals surface area (Å²) < 4.78 is 6.97. The number of nitrogens with zero attached hydrogens (tertiary/aromatic N) is 3. The summed E-state index contributed by atoms with van der Waals surface area (Å²) in [4.78, 5) is 15.6. The van der Waals surface area contributed by atoms with Gasteiger partial charge in [-0.15, -0.1) is 0 Å².